The molecule has 2 aliphatic rings. The number of rotatable bonds is 5. The smallest absolute Gasteiger partial charge is 0.253 e. The van der Waals surface area contributed by atoms with E-state index >= 15 is 0 Å². The van der Waals surface area contributed by atoms with Crippen LogP contribution in [0.3, 0.4) is 0 Å². The summed E-state index contributed by atoms with van der Waals surface area (Å²) in [4.78, 5) is 30.5. The lowest BCUT2D eigenvalue weighted by atomic mass is 9.94. The zero-order chi connectivity index (χ0) is 26.2. The second-order valence-corrected chi connectivity index (χ2v) is 10.3. The molecule has 1 saturated heterocycles. The summed E-state index contributed by atoms with van der Waals surface area (Å²) in [5.74, 6) is -0.486. The average molecular weight is 500 g/mol. The molecule has 3 N–H and O–H groups in total. The number of benzene rings is 3. The predicted molar refractivity (Wildman–Crippen MR) is 144 cm³/mol. The van der Waals surface area contributed by atoms with Gasteiger partial charge in [0, 0.05) is 30.9 Å². The minimum absolute atomic E-state index is 0.0644. The highest BCUT2D eigenvalue weighted by atomic mass is 16.3. The number of aromatic hydroxyl groups is 2. The van der Waals surface area contributed by atoms with Crippen LogP contribution in [0.15, 0.2) is 60.7 Å². The van der Waals surface area contributed by atoms with Crippen molar-refractivity contribution in [1.29, 1.82) is 0 Å². The van der Waals surface area contributed by atoms with Gasteiger partial charge < -0.3 is 25.3 Å². The highest BCUT2D eigenvalue weighted by Crippen LogP contribution is 2.50. The Morgan fingerprint density at radius 3 is 2.32 bits per heavy atom. The van der Waals surface area contributed by atoms with Crippen molar-refractivity contribution in [3.63, 3.8) is 0 Å². The number of nitrogens with one attached hydrogen (secondary N) is 1. The molecule has 3 aromatic carbocycles. The molecule has 7 nitrogen and oxygen atoms in total. The average Bonchev–Trinajstić information content (AvgIpc) is 3.72. The van der Waals surface area contributed by atoms with Gasteiger partial charge in [0.15, 0.2) is 11.5 Å². The van der Waals surface area contributed by atoms with Crippen LogP contribution in [-0.2, 0) is 10.2 Å². The molecule has 2 amide bonds. The van der Waals surface area contributed by atoms with Gasteiger partial charge in [0.05, 0.1) is 5.41 Å². The molecular formula is C30H33N3O4. The first-order valence-electron chi connectivity index (χ1n) is 12.8. The van der Waals surface area contributed by atoms with Crippen molar-refractivity contribution < 1.29 is 19.8 Å². The number of nitrogens with zero attached hydrogens (tertiary/aromatic N) is 2. The Kier molecular flexibility index (Phi) is 6.65. The molecule has 1 saturated carbocycles. The Labute approximate surface area is 217 Å². The maximum atomic E-state index is 13.2. The van der Waals surface area contributed by atoms with Crippen molar-refractivity contribution in [3.8, 4) is 22.6 Å². The maximum absolute atomic E-state index is 13.2. The highest BCUT2D eigenvalue weighted by Gasteiger charge is 2.51. The molecule has 0 radical (unpaired) electrons. The lowest BCUT2D eigenvalue weighted by Gasteiger charge is -2.21. The van der Waals surface area contributed by atoms with Crippen LogP contribution < -0.4 is 5.32 Å². The summed E-state index contributed by atoms with van der Waals surface area (Å²) < 4.78 is 0. The van der Waals surface area contributed by atoms with Crippen molar-refractivity contribution in [2.24, 2.45) is 0 Å². The third-order valence-electron chi connectivity index (χ3n) is 7.66. The van der Waals surface area contributed by atoms with E-state index in [9.17, 15) is 19.8 Å². The van der Waals surface area contributed by atoms with E-state index in [4.69, 9.17) is 0 Å². The molecule has 37 heavy (non-hydrogen) atoms. The largest absolute Gasteiger partial charge is 0.504 e. The SMILES string of the molecule is Cc1ccc(NC(=O)C2(c3ccc(O)c(O)c3)CC2)cc1-c1ccc(C(=O)N2CCCN(C)CC2)cc1. The number of anilines is 1. The van der Waals surface area contributed by atoms with Gasteiger partial charge in [-0.15, -0.1) is 0 Å². The minimum atomic E-state index is -0.694. The van der Waals surface area contributed by atoms with Gasteiger partial charge in [-0.05, 0) is 98.4 Å². The number of phenolic OH excluding ortho intramolecular Hbond substituents is 2. The van der Waals surface area contributed by atoms with Gasteiger partial charge in [-0.3, -0.25) is 9.59 Å². The van der Waals surface area contributed by atoms with Gasteiger partial charge in [0.25, 0.3) is 5.91 Å². The van der Waals surface area contributed by atoms with E-state index in [-0.39, 0.29) is 23.3 Å². The fourth-order valence-electron chi connectivity index (χ4n) is 5.08. The van der Waals surface area contributed by atoms with Gasteiger partial charge in [0.1, 0.15) is 0 Å². The molecule has 0 aromatic heterocycles. The quantitative estimate of drug-likeness (QED) is 0.449. The second-order valence-electron chi connectivity index (χ2n) is 10.3. The zero-order valence-corrected chi connectivity index (χ0v) is 21.3. The summed E-state index contributed by atoms with van der Waals surface area (Å²) in [6, 6.07) is 18.1. The molecule has 0 bridgehead atoms. The molecule has 0 unspecified atom stereocenters. The van der Waals surface area contributed by atoms with Gasteiger partial charge in [-0.25, -0.2) is 0 Å². The van der Waals surface area contributed by atoms with E-state index in [0.717, 1.165) is 49.3 Å². The Hall–Kier alpha value is -3.84. The summed E-state index contributed by atoms with van der Waals surface area (Å²) >= 11 is 0. The first kappa shape index (κ1) is 24.8. The molecule has 2 fully saturated rings. The number of carbonyl (C=O) groups is 2. The van der Waals surface area contributed by atoms with Gasteiger partial charge >= 0.3 is 0 Å². The summed E-state index contributed by atoms with van der Waals surface area (Å²) in [6.45, 7) is 5.43. The van der Waals surface area contributed by atoms with Crippen molar-refractivity contribution in [1.82, 2.24) is 9.80 Å². The molecular weight excluding hydrogens is 466 g/mol. The van der Waals surface area contributed by atoms with Crippen molar-refractivity contribution in [3.05, 3.63) is 77.4 Å². The summed E-state index contributed by atoms with van der Waals surface area (Å²) in [7, 11) is 2.09. The van der Waals surface area contributed by atoms with E-state index < -0.39 is 5.41 Å². The van der Waals surface area contributed by atoms with Crippen LogP contribution in [0.25, 0.3) is 11.1 Å². The van der Waals surface area contributed by atoms with E-state index in [0.29, 0.717) is 29.7 Å². The van der Waals surface area contributed by atoms with E-state index in [1.807, 2.05) is 54.3 Å². The van der Waals surface area contributed by atoms with E-state index in [1.165, 1.54) is 12.1 Å². The van der Waals surface area contributed by atoms with Crippen LogP contribution in [0, 0.1) is 6.92 Å². The van der Waals surface area contributed by atoms with Crippen LogP contribution in [0.2, 0.25) is 0 Å². The van der Waals surface area contributed by atoms with Gasteiger partial charge in [-0.2, -0.15) is 0 Å². The first-order chi connectivity index (χ1) is 17.8. The summed E-state index contributed by atoms with van der Waals surface area (Å²) in [6.07, 6.45) is 2.35. The number of phenols is 2. The molecule has 192 valence electrons. The molecule has 0 atom stereocenters. The molecule has 1 heterocycles. The summed E-state index contributed by atoms with van der Waals surface area (Å²) in [5, 5.41) is 22.6. The molecule has 0 spiro atoms. The van der Waals surface area contributed by atoms with E-state index in [1.54, 1.807) is 6.07 Å². The number of hydrogen-bond donors (Lipinski definition) is 3. The lowest BCUT2D eigenvalue weighted by molar-refractivity contribution is -0.118. The minimum Gasteiger partial charge on any atom is -0.504 e. The van der Waals surface area contributed by atoms with Crippen molar-refractivity contribution >= 4 is 17.5 Å². The standard InChI is InChI=1S/C30H33N3O4/c1-20-4-10-24(31-29(37)30(12-13-30)23-9-11-26(34)27(35)18-23)19-25(20)21-5-7-22(8-6-21)28(36)33-15-3-14-32(2)16-17-33/h4-11,18-19,34-35H,3,12-17H2,1-2H3,(H,31,37). The topological polar surface area (TPSA) is 93.1 Å². The Balaban J connectivity index is 1.32. The van der Waals surface area contributed by atoms with E-state index in [2.05, 4.69) is 17.3 Å². The van der Waals surface area contributed by atoms with Crippen molar-refractivity contribution in [2.45, 2.75) is 31.6 Å². The monoisotopic (exact) mass is 499 g/mol. The van der Waals surface area contributed by atoms with Crippen LogP contribution in [0.5, 0.6) is 11.5 Å². The molecule has 3 aromatic rings. The van der Waals surface area contributed by atoms with Gasteiger partial charge in [0.2, 0.25) is 5.91 Å². The van der Waals surface area contributed by atoms with Crippen molar-refractivity contribution in [2.75, 3.05) is 38.5 Å². The third-order valence-corrected chi connectivity index (χ3v) is 7.66. The molecule has 5 rings (SSSR count). The maximum Gasteiger partial charge on any atom is 0.253 e. The molecule has 7 heteroatoms. The normalized spacial score (nSPS) is 17.2. The zero-order valence-electron chi connectivity index (χ0n) is 21.3. The predicted octanol–water partition coefficient (Wildman–Crippen LogP) is 4.52. The fraction of sp³-hybridized carbons (Fsp3) is 0.333. The molecule has 1 aliphatic heterocycles. The number of aryl methyl sites for hydroxylation is 1. The summed E-state index contributed by atoms with van der Waals surface area (Å²) in [5.41, 5.74) is 4.41. The highest BCUT2D eigenvalue weighted by molar-refractivity contribution is 6.02. The van der Waals surface area contributed by atoms with Crippen LogP contribution in [0.1, 0.15) is 40.7 Å². The lowest BCUT2D eigenvalue weighted by Crippen LogP contribution is -2.34. The Bertz CT molecular complexity index is 1330. The molecule has 1 aliphatic carbocycles. The second kappa shape index (κ2) is 9.90. The Morgan fingerprint density at radius 1 is 0.865 bits per heavy atom. The number of likely N-dealkylation sites (N-methyl/N-ethyl adjacent to an activating group) is 1. The number of hydrogen-bond acceptors (Lipinski definition) is 5. The third kappa shape index (κ3) is 5.04. The number of amides is 2. The van der Waals surface area contributed by atoms with Gasteiger partial charge in [-0.1, -0.05) is 24.3 Å². The van der Waals surface area contributed by atoms with Crippen LogP contribution >= 0.6 is 0 Å². The fourth-order valence-corrected chi connectivity index (χ4v) is 5.08. The number of carbonyl (C=O) groups excluding carboxylic acids is 2. The Morgan fingerprint density at radius 2 is 1.62 bits per heavy atom. The first-order valence-corrected chi connectivity index (χ1v) is 12.8. The van der Waals surface area contributed by atoms with Crippen LogP contribution in [-0.4, -0.2) is 65.1 Å². The van der Waals surface area contributed by atoms with Crippen LogP contribution in [0.4, 0.5) is 5.69 Å².